The van der Waals surface area contributed by atoms with Crippen molar-refractivity contribution in [2.45, 2.75) is 26.8 Å². The van der Waals surface area contributed by atoms with Gasteiger partial charge in [0.05, 0.1) is 5.41 Å². The summed E-state index contributed by atoms with van der Waals surface area (Å²) in [5.41, 5.74) is -0.660. The first-order valence-electron chi connectivity index (χ1n) is 6.40. The van der Waals surface area contributed by atoms with Gasteiger partial charge < -0.3 is 10.4 Å². The lowest BCUT2D eigenvalue weighted by Gasteiger charge is -2.18. The Morgan fingerprint density at radius 3 is 2.79 bits per heavy atom. The normalized spacial score (nSPS) is 11.9. The number of benzene rings is 1. The van der Waals surface area contributed by atoms with Gasteiger partial charge in [0.25, 0.3) is 0 Å². The molecule has 1 aromatic heterocycles. The van der Waals surface area contributed by atoms with E-state index in [-0.39, 0.29) is 0 Å². The minimum Gasteiger partial charge on any atom is -0.481 e. The van der Waals surface area contributed by atoms with Crippen LogP contribution in [0.3, 0.4) is 0 Å². The van der Waals surface area contributed by atoms with Crippen LogP contribution >= 0.6 is 11.3 Å². The maximum absolute atomic E-state index is 11.0. The van der Waals surface area contributed by atoms with Crippen LogP contribution in [0.15, 0.2) is 30.3 Å². The van der Waals surface area contributed by atoms with Crippen LogP contribution in [0.2, 0.25) is 0 Å². The molecule has 1 heterocycles. The molecule has 0 bridgehead atoms. The summed E-state index contributed by atoms with van der Waals surface area (Å²) in [5, 5.41) is 13.6. The average molecular weight is 277 g/mol. The standard InChI is InChI=1S/C15H19NO2S/c1-15(2,14(17)18)7-8-16-10-12-9-11-5-3-4-6-13(11)19-12/h3-6,9,16H,7-8,10H2,1-2H3,(H,17,18). The van der Waals surface area contributed by atoms with E-state index in [0.29, 0.717) is 13.0 Å². The Kier molecular flexibility index (Phi) is 4.22. The molecule has 2 rings (SSSR count). The highest BCUT2D eigenvalue weighted by Crippen LogP contribution is 2.25. The number of carbonyl (C=O) groups is 1. The maximum atomic E-state index is 11.0. The molecule has 0 amide bonds. The minimum atomic E-state index is -0.740. The van der Waals surface area contributed by atoms with Gasteiger partial charge in [0, 0.05) is 16.1 Å². The molecule has 102 valence electrons. The number of aliphatic carboxylic acids is 1. The van der Waals surface area contributed by atoms with Crippen molar-refractivity contribution in [3.63, 3.8) is 0 Å². The number of nitrogens with one attached hydrogen (secondary N) is 1. The lowest BCUT2D eigenvalue weighted by molar-refractivity contribution is -0.147. The first-order valence-corrected chi connectivity index (χ1v) is 7.22. The van der Waals surface area contributed by atoms with Crippen molar-refractivity contribution < 1.29 is 9.90 Å². The van der Waals surface area contributed by atoms with E-state index in [4.69, 9.17) is 5.11 Å². The zero-order chi connectivity index (χ0) is 13.9. The first kappa shape index (κ1) is 14.0. The van der Waals surface area contributed by atoms with Gasteiger partial charge in [0.2, 0.25) is 0 Å². The molecule has 0 unspecified atom stereocenters. The Hall–Kier alpha value is -1.39. The minimum absolute atomic E-state index is 0.632. The van der Waals surface area contributed by atoms with Crippen LogP contribution in [0.4, 0.5) is 0 Å². The second-order valence-electron chi connectivity index (χ2n) is 5.37. The van der Waals surface area contributed by atoms with Crippen LogP contribution in [0.5, 0.6) is 0 Å². The van der Waals surface area contributed by atoms with E-state index in [0.717, 1.165) is 6.54 Å². The predicted molar refractivity (Wildman–Crippen MR) is 79.6 cm³/mol. The average Bonchev–Trinajstić information content (AvgIpc) is 2.77. The van der Waals surface area contributed by atoms with E-state index >= 15 is 0 Å². The Balaban J connectivity index is 1.84. The number of carboxylic acid groups (broad SMARTS) is 1. The van der Waals surface area contributed by atoms with Gasteiger partial charge in [-0.05, 0) is 44.3 Å². The monoisotopic (exact) mass is 277 g/mol. The summed E-state index contributed by atoms with van der Waals surface area (Å²) in [4.78, 5) is 12.3. The van der Waals surface area contributed by atoms with Crippen molar-refractivity contribution in [2.75, 3.05) is 6.54 Å². The summed E-state index contributed by atoms with van der Waals surface area (Å²) in [5.74, 6) is -0.740. The largest absolute Gasteiger partial charge is 0.481 e. The third kappa shape index (κ3) is 3.55. The van der Waals surface area contributed by atoms with Gasteiger partial charge in [-0.25, -0.2) is 0 Å². The Morgan fingerprint density at radius 1 is 1.37 bits per heavy atom. The molecule has 0 aliphatic carbocycles. The highest BCUT2D eigenvalue weighted by Gasteiger charge is 2.26. The number of carboxylic acids is 1. The third-order valence-electron chi connectivity index (χ3n) is 3.28. The van der Waals surface area contributed by atoms with E-state index in [1.165, 1.54) is 15.0 Å². The number of hydrogen-bond donors (Lipinski definition) is 2. The zero-order valence-electron chi connectivity index (χ0n) is 11.3. The van der Waals surface area contributed by atoms with Crippen molar-refractivity contribution in [1.29, 1.82) is 0 Å². The summed E-state index contributed by atoms with van der Waals surface area (Å²) in [7, 11) is 0. The van der Waals surface area contributed by atoms with Crippen LogP contribution in [0.1, 0.15) is 25.1 Å². The molecule has 0 saturated heterocycles. The maximum Gasteiger partial charge on any atom is 0.309 e. The molecular formula is C15H19NO2S. The van der Waals surface area contributed by atoms with Crippen LogP contribution in [-0.4, -0.2) is 17.6 Å². The predicted octanol–water partition coefficient (Wildman–Crippen LogP) is 3.49. The summed E-state index contributed by atoms with van der Waals surface area (Å²) in [6, 6.07) is 10.5. The van der Waals surface area contributed by atoms with Crippen molar-refractivity contribution >= 4 is 27.4 Å². The molecule has 0 saturated carbocycles. The lowest BCUT2D eigenvalue weighted by Crippen LogP contribution is -2.28. The molecule has 1 aromatic carbocycles. The second-order valence-corrected chi connectivity index (χ2v) is 6.53. The number of fused-ring (bicyclic) bond motifs is 1. The first-order chi connectivity index (χ1) is 8.99. The van der Waals surface area contributed by atoms with Gasteiger partial charge in [-0.1, -0.05) is 18.2 Å². The lowest BCUT2D eigenvalue weighted by atomic mass is 9.90. The van der Waals surface area contributed by atoms with Crippen LogP contribution in [0, 0.1) is 5.41 Å². The number of thiophene rings is 1. The van der Waals surface area contributed by atoms with Gasteiger partial charge in [-0.15, -0.1) is 11.3 Å². The van der Waals surface area contributed by atoms with Gasteiger partial charge in [-0.2, -0.15) is 0 Å². The summed E-state index contributed by atoms with van der Waals surface area (Å²) < 4.78 is 1.30. The Labute approximate surface area is 117 Å². The topological polar surface area (TPSA) is 49.3 Å². The van der Waals surface area contributed by atoms with Crippen LogP contribution < -0.4 is 5.32 Å². The second kappa shape index (κ2) is 5.72. The summed E-state index contributed by atoms with van der Waals surface area (Å²) in [6.07, 6.45) is 0.632. The van der Waals surface area contributed by atoms with E-state index in [1.807, 2.05) is 12.1 Å². The molecule has 0 aliphatic rings. The van der Waals surface area contributed by atoms with Crippen molar-refractivity contribution in [3.8, 4) is 0 Å². The molecule has 0 atom stereocenters. The van der Waals surface area contributed by atoms with Crippen molar-refractivity contribution in [2.24, 2.45) is 5.41 Å². The molecule has 19 heavy (non-hydrogen) atoms. The molecule has 0 radical (unpaired) electrons. The van der Waals surface area contributed by atoms with Gasteiger partial charge in [0.15, 0.2) is 0 Å². The van der Waals surface area contributed by atoms with E-state index < -0.39 is 11.4 Å². The van der Waals surface area contributed by atoms with Gasteiger partial charge >= 0.3 is 5.97 Å². The van der Waals surface area contributed by atoms with Gasteiger partial charge in [0.1, 0.15) is 0 Å². The van der Waals surface area contributed by atoms with Gasteiger partial charge in [-0.3, -0.25) is 4.79 Å². The fourth-order valence-corrected chi connectivity index (χ4v) is 2.88. The van der Waals surface area contributed by atoms with Crippen LogP contribution in [-0.2, 0) is 11.3 Å². The van der Waals surface area contributed by atoms with E-state index in [9.17, 15) is 4.79 Å². The fourth-order valence-electron chi connectivity index (χ4n) is 1.84. The molecule has 2 aromatic rings. The van der Waals surface area contributed by atoms with Crippen molar-refractivity contribution in [3.05, 3.63) is 35.2 Å². The molecule has 4 heteroatoms. The van der Waals surface area contributed by atoms with E-state index in [1.54, 1.807) is 25.2 Å². The number of hydrogen-bond acceptors (Lipinski definition) is 3. The smallest absolute Gasteiger partial charge is 0.309 e. The zero-order valence-corrected chi connectivity index (χ0v) is 12.1. The Bertz CT molecular complexity index is 541. The molecule has 2 N–H and O–H groups in total. The molecular weight excluding hydrogens is 258 g/mol. The molecule has 3 nitrogen and oxygen atoms in total. The molecule has 0 spiro atoms. The molecule has 0 fully saturated rings. The fraction of sp³-hybridized carbons (Fsp3) is 0.400. The van der Waals surface area contributed by atoms with E-state index in [2.05, 4.69) is 23.5 Å². The Morgan fingerprint density at radius 2 is 2.11 bits per heavy atom. The highest BCUT2D eigenvalue weighted by molar-refractivity contribution is 7.19. The van der Waals surface area contributed by atoms with Crippen molar-refractivity contribution in [1.82, 2.24) is 5.32 Å². The summed E-state index contributed by atoms with van der Waals surface area (Å²) >= 11 is 1.78. The van der Waals surface area contributed by atoms with Crippen LogP contribution in [0.25, 0.3) is 10.1 Å². The summed E-state index contributed by atoms with van der Waals surface area (Å²) in [6.45, 7) is 5.04. The molecule has 0 aliphatic heterocycles. The quantitative estimate of drug-likeness (QED) is 0.795. The highest BCUT2D eigenvalue weighted by atomic mass is 32.1. The number of rotatable bonds is 6. The third-order valence-corrected chi connectivity index (χ3v) is 4.40. The SMILES string of the molecule is CC(C)(CCNCc1cc2ccccc2s1)C(=O)O.